The number of rotatable bonds is 4. The molecule has 1 aromatic heterocycles. The summed E-state index contributed by atoms with van der Waals surface area (Å²) >= 11 is 0. The fourth-order valence-corrected chi connectivity index (χ4v) is 1.57. The number of nitrogens with one attached hydrogen (secondary N) is 1. The lowest BCUT2D eigenvalue weighted by molar-refractivity contribution is -0.118. The van der Waals surface area contributed by atoms with Crippen LogP contribution in [0.2, 0.25) is 0 Å². The minimum Gasteiger partial charge on any atom is -0.353 e. The second kappa shape index (κ2) is 5.82. The van der Waals surface area contributed by atoms with Crippen molar-refractivity contribution >= 4 is 12.0 Å². The Hall–Kier alpha value is -2.36. The molecule has 0 unspecified atom stereocenters. The van der Waals surface area contributed by atoms with E-state index in [4.69, 9.17) is 0 Å². The van der Waals surface area contributed by atoms with Gasteiger partial charge in [-0.15, -0.1) is 0 Å². The number of carbonyl (C=O) groups is 1. The largest absolute Gasteiger partial charge is 0.353 e. The summed E-state index contributed by atoms with van der Waals surface area (Å²) in [5.41, 5.74) is 2.18. The Morgan fingerprint density at radius 1 is 1.39 bits per heavy atom. The standard InChI is InChI=1S/C14H15N3O/c1-12(18)16-8-2-3-13-4-6-14(7-5-13)17-10-9-15-11-17/h2-7,9-11H,8H2,1H3,(H,16,18). The minimum absolute atomic E-state index is 0.0184. The molecule has 4 heteroatoms. The van der Waals surface area contributed by atoms with Crippen molar-refractivity contribution in [1.29, 1.82) is 0 Å². The van der Waals surface area contributed by atoms with Gasteiger partial charge in [-0.3, -0.25) is 4.79 Å². The van der Waals surface area contributed by atoms with E-state index in [2.05, 4.69) is 10.3 Å². The summed E-state index contributed by atoms with van der Waals surface area (Å²) in [5.74, 6) is -0.0184. The van der Waals surface area contributed by atoms with Gasteiger partial charge in [0, 0.05) is 31.5 Å². The highest BCUT2D eigenvalue weighted by atomic mass is 16.1. The molecule has 1 amide bonds. The zero-order chi connectivity index (χ0) is 12.8. The molecule has 0 aliphatic carbocycles. The molecule has 18 heavy (non-hydrogen) atoms. The molecule has 0 atom stereocenters. The Morgan fingerprint density at radius 2 is 2.17 bits per heavy atom. The molecular formula is C14H15N3O. The average Bonchev–Trinajstić information content (AvgIpc) is 2.89. The van der Waals surface area contributed by atoms with Crippen molar-refractivity contribution in [2.45, 2.75) is 6.92 Å². The van der Waals surface area contributed by atoms with Crippen molar-refractivity contribution < 1.29 is 4.79 Å². The number of benzene rings is 1. The first-order valence-electron chi connectivity index (χ1n) is 5.75. The van der Waals surface area contributed by atoms with E-state index in [0.717, 1.165) is 11.3 Å². The fourth-order valence-electron chi connectivity index (χ4n) is 1.57. The number of nitrogens with zero attached hydrogens (tertiary/aromatic N) is 2. The molecule has 2 rings (SSSR count). The van der Waals surface area contributed by atoms with Crippen molar-refractivity contribution in [1.82, 2.24) is 14.9 Å². The molecule has 0 radical (unpaired) electrons. The third-order valence-corrected chi connectivity index (χ3v) is 2.47. The van der Waals surface area contributed by atoms with Gasteiger partial charge in [0.15, 0.2) is 0 Å². The molecule has 0 bridgehead atoms. The Bertz CT molecular complexity index is 527. The maximum atomic E-state index is 10.7. The van der Waals surface area contributed by atoms with Gasteiger partial charge in [0.05, 0.1) is 6.33 Å². The van der Waals surface area contributed by atoms with Crippen LogP contribution in [0.25, 0.3) is 11.8 Å². The van der Waals surface area contributed by atoms with Gasteiger partial charge in [-0.25, -0.2) is 4.98 Å². The minimum atomic E-state index is -0.0184. The van der Waals surface area contributed by atoms with Crippen LogP contribution in [0.5, 0.6) is 0 Å². The van der Waals surface area contributed by atoms with E-state index in [1.54, 1.807) is 12.5 Å². The lowest BCUT2D eigenvalue weighted by atomic mass is 10.2. The van der Waals surface area contributed by atoms with Crippen molar-refractivity contribution in [2.24, 2.45) is 0 Å². The average molecular weight is 241 g/mol. The number of aromatic nitrogens is 2. The topological polar surface area (TPSA) is 46.9 Å². The fraction of sp³-hybridized carbons (Fsp3) is 0.143. The van der Waals surface area contributed by atoms with Crippen LogP contribution in [-0.4, -0.2) is 22.0 Å². The lowest BCUT2D eigenvalue weighted by Crippen LogP contribution is -2.19. The maximum Gasteiger partial charge on any atom is 0.217 e. The second-order valence-electron chi connectivity index (χ2n) is 3.90. The first kappa shape index (κ1) is 12.1. The lowest BCUT2D eigenvalue weighted by Gasteiger charge is -2.02. The third-order valence-electron chi connectivity index (χ3n) is 2.47. The van der Waals surface area contributed by atoms with Gasteiger partial charge in [-0.1, -0.05) is 24.3 Å². The van der Waals surface area contributed by atoms with Crippen molar-refractivity contribution in [3.8, 4) is 5.69 Å². The first-order chi connectivity index (χ1) is 8.75. The van der Waals surface area contributed by atoms with E-state index in [9.17, 15) is 4.79 Å². The van der Waals surface area contributed by atoms with Gasteiger partial charge in [-0.2, -0.15) is 0 Å². The van der Waals surface area contributed by atoms with Crippen LogP contribution >= 0.6 is 0 Å². The molecule has 0 fully saturated rings. The zero-order valence-corrected chi connectivity index (χ0v) is 10.2. The summed E-state index contributed by atoms with van der Waals surface area (Å²) in [4.78, 5) is 14.7. The van der Waals surface area contributed by atoms with Crippen molar-refractivity contribution in [3.63, 3.8) is 0 Å². The predicted molar refractivity (Wildman–Crippen MR) is 71.3 cm³/mol. The Morgan fingerprint density at radius 3 is 2.78 bits per heavy atom. The van der Waals surface area contributed by atoms with Crippen LogP contribution in [0, 0.1) is 0 Å². The molecule has 1 heterocycles. The van der Waals surface area contributed by atoms with E-state index >= 15 is 0 Å². The third kappa shape index (κ3) is 3.31. The Labute approximate surface area is 106 Å². The van der Waals surface area contributed by atoms with Crippen LogP contribution < -0.4 is 5.32 Å². The SMILES string of the molecule is CC(=O)NCC=Cc1ccc(-n2ccnc2)cc1. The van der Waals surface area contributed by atoms with Gasteiger partial charge >= 0.3 is 0 Å². The second-order valence-corrected chi connectivity index (χ2v) is 3.90. The van der Waals surface area contributed by atoms with E-state index in [0.29, 0.717) is 6.54 Å². The molecule has 2 aromatic rings. The predicted octanol–water partition coefficient (Wildman–Crippen LogP) is 2.02. The van der Waals surface area contributed by atoms with E-state index in [1.165, 1.54) is 6.92 Å². The van der Waals surface area contributed by atoms with E-state index < -0.39 is 0 Å². The van der Waals surface area contributed by atoms with Gasteiger partial charge < -0.3 is 9.88 Å². The van der Waals surface area contributed by atoms with Crippen LogP contribution in [0.3, 0.4) is 0 Å². The molecule has 4 nitrogen and oxygen atoms in total. The number of amides is 1. The van der Waals surface area contributed by atoms with E-state index in [1.807, 2.05) is 47.2 Å². The number of carbonyl (C=O) groups excluding carboxylic acids is 1. The maximum absolute atomic E-state index is 10.7. The Kier molecular flexibility index (Phi) is 3.91. The molecule has 1 aromatic carbocycles. The number of hydrogen-bond donors (Lipinski definition) is 1. The van der Waals surface area contributed by atoms with Crippen LogP contribution in [0.15, 0.2) is 49.1 Å². The van der Waals surface area contributed by atoms with Gasteiger partial charge in [0.1, 0.15) is 0 Å². The zero-order valence-electron chi connectivity index (χ0n) is 10.2. The quantitative estimate of drug-likeness (QED) is 0.890. The van der Waals surface area contributed by atoms with Gasteiger partial charge in [0.2, 0.25) is 5.91 Å². The van der Waals surface area contributed by atoms with Crippen LogP contribution in [0.4, 0.5) is 0 Å². The summed E-state index contributed by atoms with van der Waals surface area (Å²) < 4.78 is 1.95. The van der Waals surface area contributed by atoms with Gasteiger partial charge in [-0.05, 0) is 17.7 Å². The monoisotopic (exact) mass is 241 g/mol. The molecule has 0 saturated carbocycles. The number of imidazole rings is 1. The summed E-state index contributed by atoms with van der Waals surface area (Å²) in [7, 11) is 0. The highest BCUT2D eigenvalue weighted by Crippen LogP contribution is 2.10. The summed E-state index contributed by atoms with van der Waals surface area (Å²) in [6, 6.07) is 8.11. The molecular weight excluding hydrogens is 226 g/mol. The smallest absolute Gasteiger partial charge is 0.217 e. The highest BCUT2D eigenvalue weighted by molar-refractivity contribution is 5.73. The highest BCUT2D eigenvalue weighted by Gasteiger charge is 1.94. The van der Waals surface area contributed by atoms with Crippen LogP contribution in [0.1, 0.15) is 12.5 Å². The molecule has 0 spiro atoms. The molecule has 0 aliphatic heterocycles. The molecule has 0 saturated heterocycles. The first-order valence-corrected chi connectivity index (χ1v) is 5.75. The Balaban J connectivity index is 1.98. The molecule has 0 aliphatic rings. The normalized spacial score (nSPS) is 10.7. The van der Waals surface area contributed by atoms with Crippen molar-refractivity contribution in [2.75, 3.05) is 6.54 Å². The molecule has 92 valence electrons. The summed E-state index contributed by atoms with van der Waals surface area (Å²) in [6.45, 7) is 2.06. The van der Waals surface area contributed by atoms with Gasteiger partial charge in [0.25, 0.3) is 0 Å². The summed E-state index contributed by atoms with van der Waals surface area (Å²) in [6.07, 6.45) is 9.33. The number of hydrogen-bond acceptors (Lipinski definition) is 2. The van der Waals surface area contributed by atoms with Crippen LogP contribution in [-0.2, 0) is 4.79 Å². The van der Waals surface area contributed by atoms with Crippen molar-refractivity contribution in [3.05, 3.63) is 54.6 Å². The molecule has 1 N–H and O–H groups in total. The van der Waals surface area contributed by atoms with E-state index in [-0.39, 0.29) is 5.91 Å². The summed E-state index contributed by atoms with van der Waals surface area (Å²) in [5, 5.41) is 2.71.